The molecule has 0 saturated carbocycles. The highest BCUT2D eigenvalue weighted by molar-refractivity contribution is 5.94. The minimum absolute atomic E-state index is 0.146. The molecule has 2 aromatic heterocycles. The summed E-state index contributed by atoms with van der Waals surface area (Å²) >= 11 is 0. The Morgan fingerprint density at radius 1 is 1.09 bits per heavy atom. The number of rotatable bonds is 4. The van der Waals surface area contributed by atoms with Crippen molar-refractivity contribution in [2.45, 2.75) is 44.9 Å². The SMILES string of the molecule is COc1ccc(-c2cc(C)nc([C@H]3CCCN(C(=O)c4cc5c([nH]c4=O)CCC5)C3)c2)cc1. The van der Waals surface area contributed by atoms with Gasteiger partial charge in [0.2, 0.25) is 0 Å². The van der Waals surface area contributed by atoms with Crippen molar-refractivity contribution in [1.82, 2.24) is 14.9 Å². The zero-order chi connectivity index (χ0) is 22.9. The Bertz CT molecular complexity index is 1250. The lowest BCUT2D eigenvalue weighted by atomic mass is 9.91. The molecule has 3 aromatic rings. The molecule has 6 heteroatoms. The van der Waals surface area contributed by atoms with Crippen molar-refractivity contribution in [3.05, 3.63) is 81.0 Å². The quantitative estimate of drug-likeness (QED) is 0.654. The Labute approximate surface area is 193 Å². The second-order valence-electron chi connectivity index (χ2n) is 9.11. The molecule has 6 nitrogen and oxygen atoms in total. The summed E-state index contributed by atoms with van der Waals surface area (Å²) in [6.45, 7) is 3.25. The number of fused-ring (bicyclic) bond motifs is 1. The summed E-state index contributed by atoms with van der Waals surface area (Å²) in [6, 6.07) is 14.1. The van der Waals surface area contributed by atoms with Crippen LogP contribution in [0.4, 0.5) is 0 Å². The van der Waals surface area contributed by atoms with Crippen molar-refractivity contribution < 1.29 is 9.53 Å². The molecule has 0 spiro atoms. The zero-order valence-electron chi connectivity index (χ0n) is 19.2. The van der Waals surface area contributed by atoms with Crippen molar-refractivity contribution in [3.63, 3.8) is 0 Å². The van der Waals surface area contributed by atoms with Crippen LogP contribution in [-0.2, 0) is 12.8 Å². The van der Waals surface area contributed by atoms with Gasteiger partial charge in [-0.25, -0.2) is 0 Å². The number of aromatic amines is 1. The van der Waals surface area contributed by atoms with Crippen LogP contribution in [0.1, 0.15) is 58.2 Å². The molecule has 5 rings (SSSR count). The van der Waals surface area contributed by atoms with Crippen molar-refractivity contribution in [3.8, 4) is 16.9 Å². The van der Waals surface area contributed by atoms with Gasteiger partial charge < -0.3 is 14.6 Å². The molecule has 1 atom stereocenters. The number of amides is 1. The van der Waals surface area contributed by atoms with E-state index in [2.05, 4.69) is 17.1 Å². The Morgan fingerprint density at radius 3 is 2.70 bits per heavy atom. The van der Waals surface area contributed by atoms with Gasteiger partial charge in [0.1, 0.15) is 11.3 Å². The molecular formula is C27H29N3O3. The van der Waals surface area contributed by atoms with Crippen LogP contribution in [0.15, 0.2) is 47.3 Å². The van der Waals surface area contributed by atoms with Crippen LogP contribution in [0, 0.1) is 6.92 Å². The second-order valence-corrected chi connectivity index (χ2v) is 9.11. The number of hydrogen-bond acceptors (Lipinski definition) is 4. The lowest BCUT2D eigenvalue weighted by molar-refractivity contribution is 0.0704. The van der Waals surface area contributed by atoms with Gasteiger partial charge in [0.05, 0.1) is 7.11 Å². The Morgan fingerprint density at radius 2 is 1.91 bits per heavy atom. The minimum Gasteiger partial charge on any atom is -0.497 e. The van der Waals surface area contributed by atoms with E-state index in [0.717, 1.165) is 71.6 Å². The first kappa shape index (κ1) is 21.4. The summed E-state index contributed by atoms with van der Waals surface area (Å²) in [5.74, 6) is 0.805. The molecule has 0 radical (unpaired) electrons. The maximum atomic E-state index is 13.3. The second kappa shape index (κ2) is 8.85. The normalized spacial score (nSPS) is 17.6. The third kappa shape index (κ3) is 4.30. The molecule has 1 N–H and O–H groups in total. The molecule has 2 aliphatic rings. The Kier molecular flexibility index (Phi) is 5.75. The average Bonchev–Trinajstić information content (AvgIpc) is 3.30. The summed E-state index contributed by atoms with van der Waals surface area (Å²) < 4.78 is 5.28. The fourth-order valence-electron chi connectivity index (χ4n) is 5.10. The third-order valence-electron chi connectivity index (χ3n) is 6.84. The van der Waals surface area contributed by atoms with E-state index in [-0.39, 0.29) is 22.9 Å². The summed E-state index contributed by atoms with van der Waals surface area (Å²) in [5.41, 5.74) is 6.28. The van der Waals surface area contributed by atoms with Crippen molar-refractivity contribution in [1.29, 1.82) is 0 Å². The highest BCUT2D eigenvalue weighted by Crippen LogP contribution is 2.31. The zero-order valence-corrected chi connectivity index (χ0v) is 19.2. The molecule has 1 amide bonds. The van der Waals surface area contributed by atoms with Crippen molar-refractivity contribution in [2.75, 3.05) is 20.2 Å². The van der Waals surface area contributed by atoms with Gasteiger partial charge in [0.15, 0.2) is 0 Å². The smallest absolute Gasteiger partial charge is 0.261 e. The van der Waals surface area contributed by atoms with Gasteiger partial charge in [-0.3, -0.25) is 14.6 Å². The van der Waals surface area contributed by atoms with Gasteiger partial charge in [-0.05, 0) is 86.1 Å². The first-order chi connectivity index (χ1) is 16.0. The maximum Gasteiger partial charge on any atom is 0.261 e. The summed E-state index contributed by atoms with van der Waals surface area (Å²) in [4.78, 5) is 35.5. The number of H-pyrrole nitrogens is 1. The summed E-state index contributed by atoms with van der Waals surface area (Å²) in [6.07, 6.45) is 4.72. The van der Waals surface area contributed by atoms with Crippen LogP contribution < -0.4 is 10.3 Å². The average molecular weight is 444 g/mol. The van der Waals surface area contributed by atoms with Gasteiger partial charge in [0, 0.05) is 36.1 Å². The van der Waals surface area contributed by atoms with Crippen LogP contribution in [-0.4, -0.2) is 41.0 Å². The first-order valence-corrected chi connectivity index (χ1v) is 11.7. The molecule has 1 aromatic carbocycles. The number of ether oxygens (including phenoxy) is 1. The van der Waals surface area contributed by atoms with Gasteiger partial charge in [-0.1, -0.05) is 12.1 Å². The van der Waals surface area contributed by atoms with E-state index in [0.29, 0.717) is 13.1 Å². The van der Waals surface area contributed by atoms with E-state index in [9.17, 15) is 9.59 Å². The van der Waals surface area contributed by atoms with Gasteiger partial charge in [-0.2, -0.15) is 0 Å². The van der Waals surface area contributed by atoms with Gasteiger partial charge >= 0.3 is 0 Å². The van der Waals surface area contributed by atoms with E-state index in [1.165, 1.54) is 0 Å². The number of aryl methyl sites for hydroxylation is 3. The highest BCUT2D eigenvalue weighted by atomic mass is 16.5. The molecule has 1 saturated heterocycles. The van der Waals surface area contributed by atoms with Crippen molar-refractivity contribution >= 4 is 5.91 Å². The lowest BCUT2D eigenvalue weighted by Crippen LogP contribution is -2.41. The highest BCUT2D eigenvalue weighted by Gasteiger charge is 2.29. The lowest BCUT2D eigenvalue weighted by Gasteiger charge is -2.32. The number of methoxy groups -OCH3 is 1. The maximum absolute atomic E-state index is 13.3. The van der Waals surface area contributed by atoms with Crippen molar-refractivity contribution in [2.24, 2.45) is 0 Å². The standard InChI is InChI=1S/C27H29N3O3/c1-17-13-21(18-8-10-22(33-2)11-9-18)15-25(28-17)20-6-4-12-30(16-20)27(32)23-14-19-5-3-7-24(19)29-26(23)31/h8-11,13-15,20H,3-7,12,16H2,1-2H3,(H,29,31)/t20-/m0/s1. The predicted molar refractivity (Wildman–Crippen MR) is 128 cm³/mol. The number of benzene rings is 1. The predicted octanol–water partition coefficient (Wildman–Crippen LogP) is 4.26. The number of likely N-dealkylation sites (tertiary alicyclic amines) is 1. The first-order valence-electron chi connectivity index (χ1n) is 11.7. The number of aromatic nitrogens is 2. The number of nitrogens with one attached hydrogen (secondary N) is 1. The van der Waals surface area contributed by atoms with Crippen LogP contribution in [0.5, 0.6) is 5.75 Å². The summed E-state index contributed by atoms with van der Waals surface area (Å²) in [7, 11) is 1.66. The molecular weight excluding hydrogens is 414 g/mol. The minimum atomic E-state index is -0.266. The number of hydrogen-bond donors (Lipinski definition) is 1. The van der Waals surface area contributed by atoms with Crippen LogP contribution in [0.3, 0.4) is 0 Å². The van der Waals surface area contributed by atoms with Gasteiger partial charge in [-0.15, -0.1) is 0 Å². The number of nitrogens with zero attached hydrogens (tertiary/aromatic N) is 2. The van der Waals surface area contributed by atoms with E-state index in [4.69, 9.17) is 9.72 Å². The summed E-state index contributed by atoms with van der Waals surface area (Å²) in [5, 5.41) is 0. The Balaban J connectivity index is 1.39. The van der Waals surface area contributed by atoms with E-state index < -0.39 is 0 Å². The molecule has 0 bridgehead atoms. The molecule has 0 unspecified atom stereocenters. The third-order valence-corrected chi connectivity index (χ3v) is 6.84. The fraction of sp³-hybridized carbons (Fsp3) is 0.370. The van der Waals surface area contributed by atoms with Crippen LogP contribution in [0.25, 0.3) is 11.1 Å². The molecule has 33 heavy (non-hydrogen) atoms. The number of piperidine rings is 1. The van der Waals surface area contributed by atoms with E-state index in [1.807, 2.05) is 42.2 Å². The molecule has 170 valence electrons. The van der Waals surface area contributed by atoms with Crippen LogP contribution >= 0.6 is 0 Å². The number of pyridine rings is 2. The molecule has 1 fully saturated rings. The number of carbonyl (C=O) groups excluding carboxylic acids is 1. The van der Waals surface area contributed by atoms with Gasteiger partial charge in [0.25, 0.3) is 11.5 Å². The topological polar surface area (TPSA) is 75.3 Å². The largest absolute Gasteiger partial charge is 0.497 e. The van der Waals surface area contributed by atoms with E-state index in [1.54, 1.807) is 7.11 Å². The Hall–Kier alpha value is -3.41. The number of carbonyl (C=O) groups is 1. The molecule has 3 heterocycles. The monoisotopic (exact) mass is 443 g/mol. The van der Waals surface area contributed by atoms with E-state index >= 15 is 0 Å². The molecule has 1 aliphatic carbocycles. The fourth-order valence-corrected chi connectivity index (χ4v) is 5.10. The van der Waals surface area contributed by atoms with Crippen LogP contribution in [0.2, 0.25) is 0 Å². The molecule has 1 aliphatic heterocycles.